The van der Waals surface area contributed by atoms with Crippen molar-refractivity contribution in [1.29, 1.82) is 0 Å². The smallest absolute Gasteiger partial charge is 0.187 e. The quantitative estimate of drug-likeness (QED) is 0.479. The van der Waals surface area contributed by atoms with Crippen LogP contribution >= 0.6 is 0 Å². The Balaban J connectivity index is 1.63. The molecule has 0 spiro atoms. The summed E-state index contributed by atoms with van der Waals surface area (Å²) in [5, 5.41) is 7.05. The maximum Gasteiger partial charge on any atom is 0.187 e. The molecule has 156 valence electrons. The lowest BCUT2D eigenvalue weighted by Gasteiger charge is -2.34. The molecule has 0 amide bonds. The third-order valence-corrected chi connectivity index (χ3v) is 5.40. The van der Waals surface area contributed by atoms with Crippen LogP contribution in [0.25, 0.3) is 0 Å². The lowest BCUT2D eigenvalue weighted by Crippen LogP contribution is -2.48. The molecule has 0 bridgehead atoms. The molecule has 2 atom stereocenters. The molecule has 0 radical (unpaired) electrons. The van der Waals surface area contributed by atoms with Gasteiger partial charge in [0.1, 0.15) is 0 Å². The van der Waals surface area contributed by atoms with Gasteiger partial charge in [-0.25, -0.2) is 0 Å². The van der Waals surface area contributed by atoms with Crippen molar-refractivity contribution in [3.8, 4) is 0 Å². The van der Waals surface area contributed by atoms with Crippen LogP contribution in [-0.2, 0) is 0 Å². The van der Waals surface area contributed by atoms with Gasteiger partial charge in [0.2, 0.25) is 0 Å². The van der Waals surface area contributed by atoms with Gasteiger partial charge in [-0.1, -0.05) is 73.5 Å². The van der Waals surface area contributed by atoms with Crippen LogP contribution in [0.5, 0.6) is 0 Å². The lowest BCUT2D eigenvalue weighted by atomic mass is 9.89. The number of hydrogen-bond donors (Lipinski definition) is 2. The van der Waals surface area contributed by atoms with E-state index in [2.05, 4.69) is 10.6 Å². The average molecular weight is 403 g/mol. The van der Waals surface area contributed by atoms with Gasteiger partial charge in [0.15, 0.2) is 11.6 Å². The number of carbonyl (C=O) groups is 2. The van der Waals surface area contributed by atoms with Crippen LogP contribution in [-0.4, -0.2) is 23.7 Å². The predicted octanol–water partition coefficient (Wildman–Crippen LogP) is 5.05. The molecule has 0 unspecified atom stereocenters. The highest BCUT2D eigenvalue weighted by Gasteiger charge is 2.25. The van der Waals surface area contributed by atoms with E-state index in [0.29, 0.717) is 11.1 Å². The molecule has 1 saturated carbocycles. The van der Waals surface area contributed by atoms with Crippen molar-refractivity contribution < 1.29 is 9.59 Å². The maximum atomic E-state index is 12.4. The first-order valence-electron chi connectivity index (χ1n) is 10.6. The van der Waals surface area contributed by atoms with E-state index in [1.165, 1.54) is 0 Å². The summed E-state index contributed by atoms with van der Waals surface area (Å²) in [6.45, 7) is 3.88. The van der Waals surface area contributed by atoms with Gasteiger partial charge in [0, 0.05) is 46.8 Å². The summed E-state index contributed by atoms with van der Waals surface area (Å²) >= 11 is 0. The SMILES string of the molecule is C/C(=C/C(=O)c1ccccc1)N[C@H]1CCCC[C@@H]1N/C(C)=C\C(=O)c1ccccc1. The number of rotatable bonds is 8. The van der Waals surface area contributed by atoms with Crippen molar-refractivity contribution in [2.24, 2.45) is 0 Å². The normalized spacial score (nSPS) is 19.8. The van der Waals surface area contributed by atoms with Gasteiger partial charge in [0.05, 0.1) is 0 Å². The van der Waals surface area contributed by atoms with E-state index in [-0.39, 0.29) is 23.7 Å². The molecule has 2 aromatic carbocycles. The summed E-state index contributed by atoms with van der Waals surface area (Å²) in [6.07, 6.45) is 7.71. The Kier molecular flexibility index (Phi) is 7.61. The summed E-state index contributed by atoms with van der Waals surface area (Å²) in [5.74, 6) is 0.0101. The predicted molar refractivity (Wildman–Crippen MR) is 121 cm³/mol. The Hall–Kier alpha value is -3.14. The van der Waals surface area contributed by atoms with Crippen LogP contribution in [0.15, 0.2) is 84.2 Å². The van der Waals surface area contributed by atoms with Crippen LogP contribution in [0.4, 0.5) is 0 Å². The molecule has 0 aliphatic heterocycles. The molecule has 0 heterocycles. The van der Waals surface area contributed by atoms with Crippen LogP contribution in [0.3, 0.4) is 0 Å². The van der Waals surface area contributed by atoms with Crippen LogP contribution in [0, 0.1) is 0 Å². The van der Waals surface area contributed by atoms with E-state index in [4.69, 9.17) is 0 Å². The van der Waals surface area contributed by atoms with Gasteiger partial charge in [-0.2, -0.15) is 0 Å². The lowest BCUT2D eigenvalue weighted by molar-refractivity contribution is 0.103. The zero-order valence-electron chi connectivity index (χ0n) is 17.7. The van der Waals surface area contributed by atoms with Gasteiger partial charge in [0.25, 0.3) is 0 Å². The zero-order valence-corrected chi connectivity index (χ0v) is 17.7. The fourth-order valence-corrected chi connectivity index (χ4v) is 3.91. The first-order valence-corrected chi connectivity index (χ1v) is 10.6. The first-order chi connectivity index (χ1) is 14.5. The minimum atomic E-state index is 0.00505. The molecule has 1 fully saturated rings. The highest BCUT2D eigenvalue weighted by molar-refractivity contribution is 6.05. The zero-order chi connectivity index (χ0) is 21.3. The molecule has 2 aromatic rings. The molecule has 2 N–H and O–H groups in total. The highest BCUT2D eigenvalue weighted by atomic mass is 16.1. The molecule has 30 heavy (non-hydrogen) atoms. The van der Waals surface area contributed by atoms with Gasteiger partial charge in [-0.15, -0.1) is 0 Å². The molecule has 4 nitrogen and oxygen atoms in total. The molecular formula is C26H30N2O2. The second-order valence-corrected chi connectivity index (χ2v) is 7.90. The van der Waals surface area contributed by atoms with Crippen LogP contribution in [0.1, 0.15) is 60.2 Å². The monoisotopic (exact) mass is 402 g/mol. The number of benzene rings is 2. The van der Waals surface area contributed by atoms with Gasteiger partial charge < -0.3 is 10.6 Å². The molecule has 1 aliphatic carbocycles. The van der Waals surface area contributed by atoms with Crippen molar-refractivity contribution in [3.63, 3.8) is 0 Å². The summed E-state index contributed by atoms with van der Waals surface area (Å²) in [6, 6.07) is 19.0. The third-order valence-electron chi connectivity index (χ3n) is 5.40. The van der Waals surface area contributed by atoms with Crippen molar-refractivity contribution >= 4 is 11.6 Å². The molecule has 0 saturated heterocycles. The number of nitrogens with one attached hydrogen (secondary N) is 2. The molecule has 1 aliphatic rings. The fourth-order valence-electron chi connectivity index (χ4n) is 3.91. The van der Waals surface area contributed by atoms with E-state index in [0.717, 1.165) is 37.1 Å². The Labute approximate surface area is 179 Å². The largest absolute Gasteiger partial charge is 0.384 e. The molecule has 4 heteroatoms. The third kappa shape index (κ3) is 6.18. The van der Waals surface area contributed by atoms with E-state index >= 15 is 0 Å². The van der Waals surface area contributed by atoms with Gasteiger partial charge in [-0.05, 0) is 26.7 Å². The van der Waals surface area contributed by atoms with Crippen molar-refractivity contribution in [1.82, 2.24) is 10.6 Å². The summed E-state index contributed by atoms with van der Waals surface area (Å²) < 4.78 is 0. The fraction of sp³-hybridized carbons (Fsp3) is 0.308. The van der Waals surface area contributed by atoms with E-state index in [1.807, 2.05) is 74.5 Å². The Bertz CT molecular complexity index is 839. The van der Waals surface area contributed by atoms with E-state index < -0.39 is 0 Å². The van der Waals surface area contributed by atoms with Crippen LogP contribution < -0.4 is 10.6 Å². The standard InChI is InChI=1S/C26H30N2O2/c1-19(17-25(29)21-11-5-3-6-12-21)27-23-15-9-10-16-24(23)28-20(2)18-26(30)22-13-7-4-8-14-22/h3-8,11-14,17-18,23-24,27-28H,9-10,15-16H2,1-2H3/b19-17-,20-18-/t23-,24-/m0/s1. The molecular weight excluding hydrogens is 372 g/mol. The average Bonchev–Trinajstić information content (AvgIpc) is 2.76. The summed E-state index contributed by atoms with van der Waals surface area (Å²) in [4.78, 5) is 24.9. The second-order valence-electron chi connectivity index (χ2n) is 7.90. The Morgan fingerprint density at radius 1 is 0.700 bits per heavy atom. The number of carbonyl (C=O) groups excluding carboxylic acids is 2. The molecule has 3 rings (SSSR count). The van der Waals surface area contributed by atoms with Crippen LogP contribution in [0.2, 0.25) is 0 Å². The van der Waals surface area contributed by atoms with Gasteiger partial charge in [-0.3, -0.25) is 9.59 Å². The molecule has 0 aromatic heterocycles. The first kappa shape index (κ1) is 21.6. The Morgan fingerprint density at radius 2 is 1.07 bits per heavy atom. The highest BCUT2D eigenvalue weighted by Crippen LogP contribution is 2.21. The van der Waals surface area contributed by atoms with Gasteiger partial charge >= 0.3 is 0 Å². The Morgan fingerprint density at radius 3 is 1.43 bits per heavy atom. The second kappa shape index (κ2) is 10.6. The maximum absolute atomic E-state index is 12.4. The minimum Gasteiger partial charge on any atom is -0.384 e. The van der Waals surface area contributed by atoms with E-state index in [9.17, 15) is 9.59 Å². The van der Waals surface area contributed by atoms with Crippen molar-refractivity contribution in [2.75, 3.05) is 0 Å². The minimum absolute atomic E-state index is 0.00505. The number of allylic oxidation sites excluding steroid dienone is 4. The number of hydrogen-bond acceptors (Lipinski definition) is 4. The topological polar surface area (TPSA) is 58.2 Å². The van der Waals surface area contributed by atoms with E-state index in [1.54, 1.807) is 12.2 Å². The summed E-state index contributed by atoms with van der Waals surface area (Å²) in [7, 11) is 0. The number of ketones is 2. The van der Waals surface area contributed by atoms with Crippen molar-refractivity contribution in [2.45, 2.75) is 51.6 Å². The van der Waals surface area contributed by atoms with Crippen molar-refractivity contribution in [3.05, 3.63) is 95.3 Å². The summed E-state index contributed by atoms with van der Waals surface area (Å²) in [5.41, 5.74) is 3.11.